The molecule has 3 aromatic rings. The Morgan fingerprint density at radius 2 is 1.85 bits per heavy atom. The standard InChI is InChI=1S/C24H19ClF4N2O3/c1-23(2)11-12(9-10-14(23)22(33)34)20-19-16(26)7-4-8-17(19)31(30-20)21(32)18-13(24(27,28)29)5-3-6-15(18)25/h3-8,11,14H,9-10H2,1-2H3,(H,33,34). The van der Waals surface area contributed by atoms with Crippen LogP contribution in [0.5, 0.6) is 0 Å². The van der Waals surface area contributed by atoms with Crippen LogP contribution in [0.15, 0.2) is 42.5 Å². The third-order valence-corrected chi connectivity index (χ3v) is 6.45. The Balaban J connectivity index is 1.94. The highest BCUT2D eigenvalue weighted by atomic mass is 35.5. The van der Waals surface area contributed by atoms with Gasteiger partial charge in [0.05, 0.1) is 38.7 Å². The molecule has 0 aliphatic heterocycles. The van der Waals surface area contributed by atoms with Crippen LogP contribution in [0.3, 0.4) is 0 Å². The van der Waals surface area contributed by atoms with Crippen LogP contribution in [-0.2, 0) is 11.0 Å². The number of aromatic nitrogens is 2. The van der Waals surface area contributed by atoms with Crippen LogP contribution in [0, 0.1) is 17.2 Å². The molecule has 0 spiro atoms. The summed E-state index contributed by atoms with van der Waals surface area (Å²) in [4.78, 5) is 24.9. The van der Waals surface area contributed by atoms with Crippen molar-refractivity contribution >= 4 is 40.0 Å². The van der Waals surface area contributed by atoms with Gasteiger partial charge in [0.15, 0.2) is 0 Å². The number of allylic oxidation sites excluding steroid dienone is 2. The van der Waals surface area contributed by atoms with E-state index in [1.165, 1.54) is 12.1 Å². The van der Waals surface area contributed by atoms with Crippen LogP contribution < -0.4 is 0 Å². The van der Waals surface area contributed by atoms with Crippen molar-refractivity contribution in [2.45, 2.75) is 32.9 Å². The number of hydrogen-bond donors (Lipinski definition) is 1. The maximum Gasteiger partial charge on any atom is 0.417 e. The quantitative estimate of drug-likeness (QED) is 0.425. The number of carbonyl (C=O) groups is 2. The third kappa shape index (κ3) is 3.98. The number of hydrogen-bond acceptors (Lipinski definition) is 3. The monoisotopic (exact) mass is 494 g/mol. The molecule has 0 bridgehead atoms. The van der Waals surface area contributed by atoms with E-state index in [0.29, 0.717) is 5.57 Å². The maximum absolute atomic E-state index is 14.9. The normalized spacial score (nSPS) is 18.1. The predicted molar refractivity (Wildman–Crippen MR) is 118 cm³/mol. The van der Waals surface area contributed by atoms with Gasteiger partial charge in [-0.05, 0) is 48.1 Å². The van der Waals surface area contributed by atoms with E-state index in [9.17, 15) is 32.3 Å². The average molecular weight is 495 g/mol. The van der Waals surface area contributed by atoms with E-state index in [-0.39, 0.29) is 29.4 Å². The molecule has 178 valence electrons. The lowest BCUT2D eigenvalue weighted by Crippen LogP contribution is -2.32. The van der Waals surface area contributed by atoms with Gasteiger partial charge in [0, 0.05) is 0 Å². The van der Waals surface area contributed by atoms with Gasteiger partial charge in [-0.15, -0.1) is 0 Å². The summed E-state index contributed by atoms with van der Waals surface area (Å²) in [5.41, 5.74) is -2.24. The van der Waals surface area contributed by atoms with Crippen LogP contribution in [0.25, 0.3) is 16.5 Å². The van der Waals surface area contributed by atoms with E-state index in [0.717, 1.165) is 28.9 Å². The van der Waals surface area contributed by atoms with Gasteiger partial charge in [-0.25, -0.2) is 4.39 Å². The Morgan fingerprint density at radius 1 is 1.18 bits per heavy atom. The average Bonchev–Trinajstić information content (AvgIpc) is 3.12. The molecule has 0 radical (unpaired) electrons. The number of carbonyl (C=O) groups excluding carboxylic acids is 1. The van der Waals surface area contributed by atoms with E-state index in [1.807, 2.05) is 0 Å². The van der Waals surface area contributed by atoms with Crippen molar-refractivity contribution < 1.29 is 32.3 Å². The van der Waals surface area contributed by atoms with Gasteiger partial charge in [-0.3, -0.25) is 9.59 Å². The Bertz CT molecular complexity index is 1360. The number of alkyl halides is 3. The fourth-order valence-corrected chi connectivity index (χ4v) is 4.77. The van der Waals surface area contributed by atoms with Crippen LogP contribution >= 0.6 is 11.6 Å². The lowest BCUT2D eigenvalue weighted by atomic mass is 9.70. The van der Waals surface area contributed by atoms with Crippen molar-refractivity contribution in [2.24, 2.45) is 11.3 Å². The summed E-state index contributed by atoms with van der Waals surface area (Å²) in [7, 11) is 0. The summed E-state index contributed by atoms with van der Waals surface area (Å²) in [6, 6.07) is 6.85. The molecule has 0 saturated heterocycles. The lowest BCUT2D eigenvalue weighted by Gasteiger charge is -2.33. The summed E-state index contributed by atoms with van der Waals surface area (Å²) < 4.78 is 56.5. The molecular weight excluding hydrogens is 476 g/mol. The van der Waals surface area contributed by atoms with Gasteiger partial charge in [-0.1, -0.05) is 43.7 Å². The number of carboxylic acid groups (broad SMARTS) is 1. The first-order chi connectivity index (χ1) is 15.8. The van der Waals surface area contributed by atoms with Gasteiger partial charge in [-0.2, -0.15) is 23.0 Å². The summed E-state index contributed by atoms with van der Waals surface area (Å²) in [5.74, 6) is -3.50. The molecule has 1 aliphatic carbocycles. The molecule has 1 aromatic heterocycles. The summed E-state index contributed by atoms with van der Waals surface area (Å²) in [6.45, 7) is 3.45. The Kier molecular flexibility index (Phi) is 5.80. The number of aliphatic carboxylic acids is 1. The molecule has 1 heterocycles. The van der Waals surface area contributed by atoms with Crippen molar-refractivity contribution in [1.29, 1.82) is 0 Å². The number of fused-ring (bicyclic) bond motifs is 1. The minimum Gasteiger partial charge on any atom is -0.481 e. The summed E-state index contributed by atoms with van der Waals surface area (Å²) >= 11 is 6.00. The molecule has 0 saturated carbocycles. The zero-order valence-corrected chi connectivity index (χ0v) is 18.8. The van der Waals surface area contributed by atoms with Gasteiger partial charge >= 0.3 is 12.1 Å². The zero-order valence-electron chi connectivity index (χ0n) is 18.1. The van der Waals surface area contributed by atoms with E-state index in [2.05, 4.69) is 5.10 Å². The third-order valence-electron chi connectivity index (χ3n) is 6.13. The van der Waals surface area contributed by atoms with Crippen molar-refractivity contribution in [3.05, 3.63) is 70.1 Å². The summed E-state index contributed by atoms with van der Waals surface area (Å²) in [5, 5.41) is 13.3. The van der Waals surface area contributed by atoms with E-state index in [4.69, 9.17) is 11.6 Å². The first kappa shape index (κ1) is 23.9. The predicted octanol–water partition coefficient (Wildman–Crippen LogP) is 6.44. The second-order valence-corrected chi connectivity index (χ2v) is 9.19. The molecule has 0 fully saturated rings. The van der Waals surface area contributed by atoms with Gasteiger partial charge in [0.1, 0.15) is 5.82 Å². The number of halogens is 5. The molecular formula is C24H19ClF4N2O3. The van der Waals surface area contributed by atoms with Gasteiger partial charge in [0.25, 0.3) is 5.91 Å². The minimum atomic E-state index is -4.85. The maximum atomic E-state index is 14.9. The van der Waals surface area contributed by atoms with E-state index >= 15 is 0 Å². The Labute approximate surface area is 196 Å². The number of nitrogens with zero attached hydrogens (tertiary/aromatic N) is 2. The highest BCUT2D eigenvalue weighted by Crippen LogP contribution is 2.44. The summed E-state index contributed by atoms with van der Waals surface area (Å²) in [6.07, 6.45) is -2.67. The number of rotatable bonds is 3. The largest absolute Gasteiger partial charge is 0.481 e. The number of benzene rings is 2. The molecule has 1 unspecified atom stereocenters. The Morgan fingerprint density at radius 3 is 2.47 bits per heavy atom. The van der Waals surface area contributed by atoms with Crippen LogP contribution in [0.4, 0.5) is 17.6 Å². The molecule has 1 atom stereocenters. The number of carboxylic acids is 1. The smallest absolute Gasteiger partial charge is 0.417 e. The van der Waals surface area contributed by atoms with Crippen molar-refractivity contribution in [2.75, 3.05) is 0 Å². The first-order valence-electron chi connectivity index (χ1n) is 10.4. The van der Waals surface area contributed by atoms with Crippen molar-refractivity contribution in [1.82, 2.24) is 9.78 Å². The Hall–Kier alpha value is -3.20. The zero-order chi connectivity index (χ0) is 25.0. The highest BCUT2D eigenvalue weighted by molar-refractivity contribution is 6.34. The van der Waals surface area contributed by atoms with Crippen LogP contribution in [0.2, 0.25) is 5.02 Å². The molecule has 5 nitrogen and oxygen atoms in total. The van der Waals surface area contributed by atoms with Crippen LogP contribution in [0.1, 0.15) is 48.3 Å². The lowest BCUT2D eigenvalue weighted by molar-refractivity contribution is -0.145. The van der Waals surface area contributed by atoms with Gasteiger partial charge < -0.3 is 5.11 Å². The fraction of sp³-hybridized carbons (Fsp3) is 0.292. The highest BCUT2D eigenvalue weighted by Gasteiger charge is 2.39. The SMILES string of the molecule is CC1(C)C=C(c2nn(C(=O)c3c(Cl)cccc3C(F)(F)F)c3cccc(F)c23)CCC1C(=O)O. The molecule has 0 amide bonds. The topological polar surface area (TPSA) is 72.2 Å². The molecule has 10 heteroatoms. The van der Waals surface area contributed by atoms with E-state index in [1.54, 1.807) is 19.9 Å². The molecule has 1 N–H and O–H groups in total. The van der Waals surface area contributed by atoms with Crippen molar-refractivity contribution in [3.63, 3.8) is 0 Å². The second-order valence-electron chi connectivity index (χ2n) is 8.78. The second kappa shape index (κ2) is 8.23. The van der Waals surface area contributed by atoms with Crippen LogP contribution in [-0.4, -0.2) is 26.8 Å². The fourth-order valence-electron chi connectivity index (χ4n) is 4.51. The molecule has 2 aromatic carbocycles. The van der Waals surface area contributed by atoms with E-state index < -0.39 is 51.4 Å². The first-order valence-corrected chi connectivity index (χ1v) is 10.7. The molecule has 34 heavy (non-hydrogen) atoms. The van der Waals surface area contributed by atoms with Gasteiger partial charge in [0.2, 0.25) is 0 Å². The molecule has 4 rings (SSSR count). The van der Waals surface area contributed by atoms with Crippen molar-refractivity contribution in [3.8, 4) is 0 Å². The minimum absolute atomic E-state index is 0.0212. The molecule has 1 aliphatic rings.